The van der Waals surface area contributed by atoms with E-state index in [1.807, 2.05) is 0 Å². The van der Waals surface area contributed by atoms with Crippen LogP contribution < -0.4 is 4.90 Å². The van der Waals surface area contributed by atoms with Gasteiger partial charge in [0.1, 0.15) is 0 Å². The second-order valence-electron chi connectivity index (χ2n) is 12.4. The van der Waals surface area contributed by atoms with Crippen molar-refractivity contribution in [2.45, 2.75) is 57.4 Å². The molecular formula is C38H35N3. The number of hydrogen-bond donors (Lipinski definition) is 0. The number of nitrogens with zero attached hydrogens (tertiary/aromatic N) is 3. The minimum absolute atomic E-state index is 0.0121. The first-order valence-electron chi connectivity index (χ1n) is 15.3. The first-order chi connectivity index (χ1) is 20.2. The number of para-hydroxylation sites is 1. The van der Waals surface area contributed by atoms with Crippen molar-refractivity contribution < 1.29 is 0 Å². The van der Waals surface area contributed by atoms with Gasteiger partial charge < -0.3 is 9.47 Å². The van der Waals surface area contributed by atoms with Crippen molar-refractivity contribution in [3.63, 3.8) is 0 Å². The summed E-state index contributed by atoms with van der Waals surface area (Å²) in [5.41, 5.74) is 13.7. The average molecular weight is 534 g/mol. The predicted octanol–water partition coefficient (Wildman–Crippen LogP) is 8.93. The molecule has 41 heavy (non-hydrogen) atoms. The molecule has 8 rings (SSSR count). The van der Waals surface area contributed by atoms with Crippen LogP contribution in [0.1, 0.15) is 60.2 Å². The van der Waals surface area contributed by atoms with E-state index in [4.69, 9.17) is 0 Å². The summed E-state index contributed by atoms with van der Waals surface area (Å²) in [5, 5.41) is 9.62. The fourth-order valence-corrected chi connectivity index (χ4v) is 7.94. The third-order valence-electron chi connectivity index (χ3n) is 9.87. The molecule has 4 atom stereocenters. The van der Waals surface area contributed by atoms with Crippen LogP contribution in [0.15, 0.2) is 91.0 Å². The van der Waals surface area contributed by atoms with Crippen LogP contribution in [0.4, 0.5) is 11.4 Å². The lowest BCUT2D eigenvalue weighted by Crippen LogP contribution is -2.31. The molecule has 4 aliphatic rings. The molecule has 2 heterocycles. The first kappa shape index (κ1) is 24.5. The highest BCUT2D eigenvalue weighted by Crippen LogP contribution is 2.50. The van der Waals surface area contributed by atoms with Crippen LogP contribution in [0.2, 0.25) is 0 Å². The summed E-state index contributed by atoms with van der Waals surface area (Å²) >= 11 is 0. The summed E-state index contributed by atoms with van der Waals surface area (Å²) in [4.78, 5) is 2.49. The lowest BCUT2D eigenvalue weighted by atomic mass is 9.81. The van der Waals surface area contributed by atoms with Gasteiger partial charge in [0.25, 0.3) is 0 Å². The highest BCUT2D eigenvalue weighted by molar-refractivity contribution is 5.78. The van der Waals surface area contributed by atoms with Gasteiger partial charge in [0.2, 0.25) is 0 Å². The van der Waals surface area contributed by atoms with Gasteiger partial charge in [-0.3, -0.25) is 0 Å². The van der Waals surface area contributed by atoms with E-state index in [1.165, 1.54) is 63.5 Å². The highest BCUT2D eigenvalue weighted by atomic mass is 15.2. The molecular weight excluding hydrogens is 498 g/mol. The Morgan fingerprint density at radius 1 is 0.854 bits per heavy atom. The van der Waals surface area contributed by atoms with Gasteiger partial charge in [0.15, 0.2) is 0 Å². The van der Waals surface area contributed by atoms with E-state index in [-0.39, 0.29) is 12.0 Å². The lowest BCUT2D eigenvalue weighted by Gasteiger charge is -2.31. The van der Waals surface area contributed by atoms with Gasteiger partial charge in [-0.2, -0.15) is 5.26 Å². The number of hydrogen-bond acceptors (Lipinski definition) is 2. The van der Waals surface area contributed by atoms with Gasteiger partial charge >= 0.3 is 0 Å². The van der Waals surface area contributed by atoms with E-state index in [2.05, 4.69) is 120 Å². The van der Waals surface area contributed by atoms with Crippen LogP contribution in [-0.2, 0) is 19.3 Å². The van der Waals surface area contributed by atoms with Crippen LogP contribution in [0.3, 0.4) is 0 Å². The van der Waals surface area contributed by atoms with Gasteiger partial charge in [-0.05, 0) is 103 Å². The van der Waals surface area contributed by atoms with E-state index in [1.54, 1.807) is 5.56 Å². The largest absolute Gasteiger partial charge is 0.334 e. The average Bonchev–Trinajstić information content (AvgIpc) is 3.53. The summed E-state index contributed by atoms with van der Waals surface area (Å²) in [5.74, 6) is 1.06. The molecule has 4 aromatic rings. The molecule has 0 spiro atoms. The van der Waals surface area contributed by atoms with Crippen LogP contribution in [0.5, 0.6) is 0 Å². The third-order valence-corrected chi connectivity index (χ3v) is 9.87. The summed E-state index contributed by atoms with van der Waals surface area (Å²) in [6, 6.07) is 29.7. The van der Waals surface area contributed by atoms with Gasteiger partial charge in [-0.25, -0.2) is 0 Å². The Balaban J connectivity index is 1.20. The molecule has 0 saturated carbocycles. The maximum Gasteiger partial charge on any atom is 0.0697 e. The molecule has 0 fully saturated rings. The van der Waals surface area contributed by atoms with Crippen molar-refractivity contribution in [3.8, 4) is 22.9 Å². The van der Waals surface area contributed by atoms with Crippen molar-refractivity contribution in [1.82, 2.24) is 4.57 Å². The van der Waals surface area contributed by atoms with Gasteiger partial charge in [0.05, 0.1) is 18.0 Å². The van der Waals surface area contributed by atoms with Crippen molar-refractivity contribution in [2.75, 3.05) is 4.90 Å². The predicted molar refractivity (Wildman–Crippen MR) is 168 cm³/mol. The highest BCUT2D eigenvalue weighted by Gasteiger charge is 2.40. The van der Waals surface area contributed by atoms with E-state index >= 15 is 0 Å². The molecule has 0 N–H and O–H groups in total. The Morgan fingerprint density at radius 3 is 2.51 bits per heavy atom. The molecule has 1 aromatic heterocycles. The molecule has 202 valence electrons. The van der Waals surface area contributed by atoms with Crippen molar-refractivity contribution in [1.29, 1.82) is 5.26 Å². The number of aromatic nitrogens is 1. The standard InChI is InChI=1S/C38H35N3/c1-25-16-18-33-31-12-2-4-14-35(31)41(38(33)20-25)30-11-7-9-28(23-30)27-8-6-10-29(22-27)40-36-15-5-3-13-32(36)34-21-26(24-39)17-19-37(34)40/h2-3,5-13,15,17,19,22-23,25-26,34,37H,4,14,16,18,20-21H2,1H3. The monoisotopic (exact) mass is 533 g/mol. The summed E-state index contributed by atoms with van der Waals surface area (Å²) in [7, 11) is 0. The molecule has 3 aliphatic carbocycles. The van der Waals surface area contributed by atoms with Gasteiger partial charge in [-0.15, -0.1) is 0 Å². The van der Waals surface area contributed by atoms with Crippen LogP contribution in [0.25, 0.3) is 22.9 Å². The zero-order chi connectivity index (χ0) is 27.5. The van der Waals surface area contributed by atoms with Crippen molar-refractivity contribution in [2.24, 2.45) is 11.8 Å². The zero-order valence-corrected chi connectivity index (χ0v) is 23.6. The normalized spacial score (nSPS) is 23.9. The quantitative estimate of drug-likeness (QED) is 0.246. The molecule has 3 nitrogen and oxygen atoms in total. The Hall–Kier alpha value is -4.29. The number of allylic oxidation sites excluding steroid dienone is 2. The van der Waals surface area contributed by atoms with E-state index in [9.17, 15) is 5.26 Å². The molecule has 0 bridgehead atoms. The maximum atomic E-state index is 9.62. The second-order valence-corrected chi connectivity index (χ2v) is 12.4. The number of anilines is 2. The SMILES string of the molecule is CC1CCc2c3c(n(-c4cccc(-c5cccc(N6c7ccccc7C7CC(C#N)C=CC76)c5)c4)c2C1)CCC=C3. The third kappa shape index (κ3) is 3.92. The van der Waals surface area contributed by atoms with Crippen molar-refractivity contribution >= 4 is 17.5 Å². The maximum absolute atomic E-state index is 9.62. The van der Waals surface area contributed by atoms with Crippen molar-refractivity contribution in [3.05, 3.63) is 119 Å². The number of nitriles is 1. The Bertz CT molecular complexity index is 1760. The topological polar surface area (TPSA) is 32.0 Å². The first-order valence-corrected chi connectivity index (χ1v) is 15.3. The minimum Gasteiger partial charge on any atom is -0.334 e. The number of benzene rings is 3. The molecule has 3 heteroatoms. The summed E-state index contributed by atoms with van der Waals surface area (Å²) in [6.45, 7) is 2.40. The van der Waals surface area contributed by atoms with Crippen LogP contribution in [-0.4, -0.2) is 10.6 Å². The molecule has 3 aromatic carbocycles. The Morgan fingerprint density at radius 2 is 1.66 bits per heavy atom. The molecule has 0 amide bonds. The van der Waals surface area contributed by atoms with E-state index in [0.717, 1.165) is 31.6 Å². The van der Waals surface area contributed by atoms with Gasteiger partial charge in [0, 0.05) is 34.4 Å². The molecule has 1 aliphatic heterocycles. The van der Waals surface area contributed by atoms with E-state index in [0.29, 0.717) is 5.92 Å². The fourth-order valence-electron chi connectivity index (χ4n) is 7.94. The lowest BCUT2D eigenvalue weighted by molar-refractivity contribution is 0.489. The Labute approximate surface area is 243 Å². The zero-order valence-electron chi connectivity index (χ0n) is 23.6. The molecule has 4 unspecified atom stereocenters. The molecule has 0 saturated heterocycles. The molecule has 0 radical (unpaired) electrons. The summed E-state index contributed by atoms with van der Waals surface area (Å²) in [6.07, 6.45) is 15.9. The number of fused-ring (bicyclic) bond motifs is 6. The second kappa shape index (κ2) is 9.67. The smallest absolute Gasteiger partial charge is 0.0697 e. The van der Waals surface area contributed by atoms with E-state index < -0.39 is 0 Å². The van der Waals surface area contributed by atoms with Gasteiger partial charge in [-0.1, -0.05) is 73.7 Å². The number of rotatable bonds is 3. The minimum atomic E-state index is -0.0121. The summed E-state index contributed by atoms with van der Waals surface area (Å²) < 4.78 is 2.61. The van der Waals surface area contributed by atoms with Crippen LogP contribution in [0, 0.1) is 23.2 Å². The van der Waals surface area contributed by atoms with Crippen LogP contribution >= 0.6 is 0 Å². The fraction of sp³-hybridized carbons (Fsp3) is 0.289. The Kier molecular flexibility index (Phi) is 5.78.